The molecule has 1 N–H and O–H groups in total. The van der Waals surface area contributed by atoms with Crippen molar-refractivity contribution >= 4 is 11.6 Å². The van der Waals surface area contributed by atoms with Gasteiger partial charge in [-0.15, -0.1) is 0 Å². The predicted octanol–water partition coefficient (Wildman–Crippen LogP) is 1.19. The fourth-order valence-electron chi connectivity index (χ4n) is 1.40. The number of hydrogen-bond acceptors (Lipinski definition) is 3. The number of nitrogens with zero attached hydrogens (tertiary/aromatic N) is 1. The molecule has 17 heavy (non-hydrogen) atoms. The van der Waals surface area contributed by atoms with Crippen LogP contribution in [0.15, 0.2) is 24.3 Å². The molecule has 4 heteroatoms. The number of nitrogens with one attached hydrogen (secondary N) is 1. The number of anilines is 1. The van der Waals surface area contributed by atoms with E-state index in [1.165, 1.54) is 5.56 Å². The number of benzene rings is 1. The highest BCUT2D eigenvalue weighted by molar-refractivity contribution is 5.94. The normalized spacial score (nSPS) is 10.3. The van der Waals surface area contributed by atoms with Gasteiger partial charge in [0.1, 0.15) is 0 Å². The molecule has 0 aromatic heterocycles. The van der Waals surface area contributed by atoms with Crippen molar-refractivity contribution in [3.63, 3.8) is 0 Å². The Hall–Kier alpha value is -1.39. The molecule has 0 saturated carbocycles. The van der Waals surface area contributed by atoms with Crippen LogP contribution in [0.2, 0.25) is 0 Å². The van der Waals surface area contributed by atoms with E-state index in [0.717, 1.165) is 5.69 Å². The maximum atomic E-state index is 11.8. The van der Waals surface area contributed by atoms with Crippen molar-refractivity contribution in [1.82, 2.24) is 5.32 Å². The van der Waals surface area contributed by atoms with Crippen LogP contribution in [0.1, 0.15) is 5.56 Å². The molecule has 0 unspecified atom stereocenters. The molecule has 4 nitrogen and oxygen atoms in total. The number of methoxy groups -OCH3 is 1. The van der Waals surface area contributed by atoms with Gasteiger partial charge in [-0.2, -0.15) is 0 Å². The number of rotatable bonds is 6. The Balaban J connectivity index is 2.43. The first-order valence-electron chi connectivity index (χ1n) is 5.68. The molecule has 1 aromatic carbocycles. The fraction of sp³-hybridized carbons (Fsp3) is 0.462. The number of carbonyl (C=O) groups is 1. The maximum absolute atomic E-state index is 11.8. The van der Waals surface area contributed by atoms with E-state index in [0.29, 0.717) is 19.7 Å². The van der Waals surface area contributed by atoms with Gasteiger partial charge >= 0.3 is 0 Å². The number of hydrogen-bond donors (Lipinski definition) is 1. The summed E-state index contributed by atoms with van der Waals surface area (Å²) in [4.78, 5) is 13.5. The molecule has 1 amide bonds. The zero-order chi connectivity index (χ0) is 12.7. The molecule has 0 atom stereocenters. The molecule has 0 fully saturated rings. The number of carbonyl (C=O) groups excluding carboxylic acids is 1. The summed E-state index contributed by atoms with van der Waals surface area (Å²) in [5.74, 6) is 0.0463. The van der Waals surface area contributed by atoms with Crippen molar-refractivity contribution in [2.45, 2.75) is 6.92 Å². The van der Waals surface area contributed by atoms with E-state index in [9.17, 15) is 4.79 Å². The minimum absolute atomic E-state index is 0.0463. The van der Waals surface area contributed by atoms with Gasteiger partial charge in [-0.25, -0.2) is 0 Å². The minimum Gasteiger partial charge on any atom is -0.383 e. The van der Waals surface area contributed by atoms with E-state index in [2.05, 4.69) is 5.32 Å². The quantitative estimate of drug-likeness (QED) is 0.754. The highest BCUT2D eigenvalue weighted by Crippen LogP contribution is 2.12. The number of ether oxygens (including phenoxy) is 1. The fourth-order valence-corrected chi connectivity index (χ4v) is 1.40. The monoisotopic (exact) mass is 236 g/mol. The van der Waals surface area contributed by atoms with Crippen LogP contribution in [0, 0.1) is 6.92 Å². The Morgan fingerprint density at radius 2 is 2.00 bits per heavy atom. The van der Waals surface area contributed by atoms with Crippen LogP contribution in [0.4, 0.5) is 5.69 Å². The van der Waals surface area contributed by atoms with Crippen molar-refractivity contribution < 1.29 is 9.53 Å². The van der Waals surface area contributed by atoms with E-state index < -0.39 is 0 Å². The molecule has 0 spiro atoms. The second kappa shape index (κ2) is 7.04. The average Bonchev–Trinajstić information content (AvgIpc) is 2.34. The Kier molecular flexibility index (Phi) is 5.66. The summed E-state index contributed by atoms with van der Waals surface area (Å²) >= 11 is 0. The van der Waals surface area contributed by atoms with Gasteiger partial charge in [0.2, 0.25) is 5.91 Å². The summed E-state index contributed by atoms with van der Waals surface area (Å²) in [6.45, 7) is 3.65. The second-order valence-corrected chi connectivity index (χ2v) is 3.96. The highest BCUT2D eigenvalue weighted by atomic mass is 16.5. The van der Waals surface area contributed by atoms with Crippen molar-refractivity contribution in [1.29, 1.82) is 0 Å². The summed E-state index contributed by atoms with van der Waals surface area (Å²) in [5, 5.41) is 3.03. The van der Waals surface area contributed by atoms with Crippen LogP contribution in [0.3, 0.4) is 0 Å². The summed E-state index contributed by atoms with van der Waals surface area (Å²) < 4.78 is 4.89. The lowest BCUT2D eigenvalue weighted by molar-refractivity contribution is -0.117. The van der Waals surface area contributed by atoms with Gasteiger partial charge in [-0.3, -0.25) is 4.79 Å². The molecule has 0 saturated heterocycles. The molecule has 0 radical (unpaired) electrons. The van der Waals surface area contributed by atoms with Gasteiger partial charge in [-0.1, -0.05) is 17.7 Å². The highest BCUT2D eigenvalue weighted by Gasteiger charge is 2.09. The summed E-state index contributed by atoms with van der Waals surface area (Å²) in [6, 6.07) is 7.89. The van der Waals surface area contributed by atoms with E-state index in [-0.39, 0.29) is 5.91 Å². The molecular formula is C13H20N2O2. The Morgan fingerprint density at radius 3 is 2.59 bits per heavy atom. The largest absolute Gasteiger partial charge is 0.383 e. The topological polar surface area (TPSA) is 41.6 Å². The minimum atomic E-state index is 0.0463. The summed E-state index contributed by atoms with van der Waals surface area (Å²) in [5.41, 5.74) is 2.10. The van der Waals surface area contributed by atoms with Gasteiger partial charge in [0.25, 0.3) is 0 Å². The Bertz CT molecular complexity index is 349. The van der Waals surface area contributed by atoms with Crippen molar-refractivity contribution in [2.24, 2.45) is 0 Å². The van der Waals surface area contributed by atoms with Crippen LogP contribution in [-0.2, 0) is 9.53 Å². The number of aryl methyl sites for hydroxylation is 1. The molecule has 0 aliphatic heterocycles. The summed E-state index contributed by atoms with van der Waals surface area (Å²) in [7, 11) is 3.42. The smallest absolute Gasteiger partial charge is 0.240 e. The van der Waals surface area contributed by atoms with Crippen LogP contribution < -0.4 is 10.2 Å². The average molecular weight is 236 g/mol. The molecule has 0 aliphatic carbocycles. The van der Waals surface area contributed by atoms with Gasteiger partial charge < -0.3 is 15.0 Å². The molecule has 0 heterocycles. The Morgan fingerprint density at radius 1 is 1.35 bits per heavy atom. The van der Waals surface area contributed by atoms with Gasteiger partial charge in [0.05, 0.1) is 13.2 Å². The first kappa shape index (κ1) is 13.7. The van der Waals surface area contributed by atoms with E-state index in [4.69, 9.17) is 4.74 Å². The van der Waals surface area contributed by atoms with Crippen LogP contribution >= 0.6 is 0 Å². The van der Waals surface area contributed by atoms with Crippen LogP contribution in [0.25, 0.3) is 0 Å². The predicted molar refractivity (Wildman–Crippen MR) is 69.3 cm³/mol. The molecule has 1 rings (SSSR count). The van der Waals surface area contributed by atoms with Gasteiger partial charge in [0.15, 0.2) is 0 Å². The lowest BCUT2D eigenvalue weighted by Gasteiger charge is -2.17. The van der Waals surface area contributed by atoms with Gasteiger partial charge in [0, 0.05) is 26.4 Å². The lowest BCUT2D eigenvalue weighted by atomic mass is 10.2. The first-order chi connectivity index (χ1) is 8.15. The molecule has 94 valence electrons. The van der Waals surface area contributed by atoms with E-state index in [1.54, 1.807) is 19.1 Å². The van der Waals surface area contributed by atoms with Crippen molar-refractivity contribution in [2.75, 3.05) is 38.8 Å². The molecule has 1 aromatic rings. The third-order valence-electron chi connectivity index (χ3n) is 2.55. The van der Waals surface area contributed by atoms with E-state index >= 15 is 0 Å². The number of amides is 1. The number of likely N-dealkylation sites (N-methyl/N-ethyl adjacent to an activating group) is 1. The molecular weight excluding hydrogens is 216 g/mol. The third-order valence-corrected chi connectivity index (χ3v) is 2.55. The van der Waals surface area contributed by atoms with Crippen LogP contribution in [0.5, 0.6) is 0 Å². The first-order valence-corrected chi connectivity index (χ1v) is 5.68. The third kappa shape index (κ3) is 4.54. The standard InChI is InChI=1S/C13H20N2O2/c1-11-4-6-12(7-5-11)15(2)13(16)10-14-8-9-17-3/h4-7,14H,8-10H2,1-3H3. The van der Waals surface area contributed by atoms with Gasteiger partial charge in [-0.05, 0) is 19.1 Å². The zero-order valence-electron chi connectivity index (χ0n) is 10.7. The zero-order valence-corrected chi connectivity index (χ0v) is 10.7. The van der Waals surface area contributed by atoms with Crippen molar-refractivity contribution in [3.8, 4) is 0 Å². The maximum Gasteiger partial charge on any atom is 0.240 e. The van der Waals surface area contributed by atoms with E-state index in [1.807, 2.05) is 31.2 Å². The Labute approximate surface area is 103 Å². The second-order valence-electron chi connectivity index (χ2n) is 3.96. The van der Waals surface area contributed by atoms with Crippen molar-refractivity contribution in [3.05, 3.63) is 29.8 Å². The molecule has 0 bridgehead atoms. The molecule has 0 aliphatic rings. The SMILES string of the molecule is COCCNCC(=O)N(C)c1ccc(C)cc1. The summed E-state index contributed by atoms with van der Waals surface area (Å²) in [6.07, 6.45) is 0. The van der Waals surface area contributed by atoms with Crippen LogP contribution in [-0.4, -0.2) is 39.8 Å². The lowest BCUT2D eigenvalue weighted by Crippen LogP contribution is -2.36.